The molecule has 2 aliphatic rings. The van der Waals surface area contributed by atoms with Crippen LogP contribution in [0.2, 0.25) is 0 Å². The maximum atomic E-state index is 12.6. The summed E-state index contributed by atoms with van der Waals surface area (Å²) >= 11 is 0. The fourth-order valence-corrected chi connectivity index (χ4v) is 3.69. The average Bonchev–Trinajstić information content (AvgIpc) is 2.99. The second-order valence-corrected chi connectivity index (χ2v) is 6.73. The number of hydrogen-bond acceptors (Lipinski definition) is 3. The molecule has 120 valence electrons. The van der Waals surface area contributed by atoms with E-state index in [-0.39, 0.29) is 11.9 Å². The normalized spacial score (nSPS) is 29.4. The Morgan fingerprint density at radius 2 is 1.86 bits per heavy atom. The number of nitrogens with two attached hydrogens (primary N) is 1. The van der Waals surface area contributed by atoms with Gasteiger partial charge in [-0.2, -0.15) is 0 Å². The minimum Gasteiger partial charge on any atom is -0.352 e. The van der Waals surface area contributed by atoms with Gasteiger partial charge >= 0.3 is 0 Å². The first-order chi connectivity index (χ1) is 10.7. The lowest BCUT2D eigenvalue weighted by Gasteiger charge is -2.30. The van der Waals surface area contributed by atoms with Crippen molar-refractivity contribution in [1.29, 1.82) is 0 Å². The Kier molecular flexibility index (Phi) is 5.11. The molecule has 0 spiro atoms. The van der Waals surface area contributed by atoms with E-state index in [0.717, 1.165) is 51.6 Å². The third-order valence-electron chi connectivity index (χ3n) is 5.01. The van der Waals surface area contributed by atoms with Crippen LogP contribution < -0.4 is 11.1 Å². The van der Waals surface area contributed by atoms with Crippen LogP contribution in [0.15, 0.2) is 30.3 Å². The smallest absolute Gasteiger partial charge is 0.237 e. The van der Waals surface area contributed by atoms with E-state index in [1.54, 1.807) is 0 Å². The molecule has 0 radical (unpaired) electrons. The monoisotopic (exact) mass is 301 g/mol. The Morgan fingerprint density at radius 1 is 1.14 bits per heavy atom. The van der Waals surface area contributed by atoms with E-state index in [1.165, 1.54) is 5.56 Å². The minimum absolute atomic E-state index is 0.0378. The predicted octanol–water partition coefficient (Wildman–Crippen LogP) is 2.04. The Hall–Kier alpha value is -1.39. The maximum absolute atomic E-state index is 12.6. The number of nitrogens with one attached hydrogen (secondary N) is 1. The van der Waals surface area contributed by atoms with Crippen LogP contribution in [-0.4, -0.2) is 35.5 Å². The summed E-state index contributed by atoms with van der Waals surface area (Å²) < 4.78 is 0. The summed E-state index contributed by atoms with van der Waals surface area (Å²) in [5.41, 5.74) is 7.22. The average molecular weight is 301 g/mol. The molecule has 2 fully saturated rings. The molecule has 4 heteroatoms. The molecule has 4 nitrogen and oxygen atoms in total. The van der Waals surface area contributed by atoms with Crippen LogP contribution in [-0.2, 0) is 11.3 Å². The van der Waals surface area contributed by atoms with Crippen LogP contribution in [0.1, 0.15) is 44.1 Å². The molecule has 1 heterocycles. The molecule has 22 heavy (non-hydrogen) atoms. The molecular formula is C18H27N3O. The molecule has 0 aromatic heterocycles. The number of benzene rings is 1. The summed E-state index contributed by atoms with van der Waals surface area (Å²) in [7, 11) is 0. The number of carbonyl (C=O) groups is 1. The van der Waals surface area contributed by atoms with Crippen LogP contribution in [0.5, 0.6) is 0 Å². The van der Waals surface area contributed by atoms with Crippen molar-refractivity contribution < 1.29 is 4.79 Å². The largest absolute Gasteiger partial charge is 0.352 e. The van der Waals surface area contributed by atoms with Gasteiger partial charge in [0.25, 0.3) is 0 Å². The zero-order valence-corrected chi connectivity index (χ0v) is 13.2. The zero-order valence-electron chi connectivity index (χ0n) is 13.2. The molecule has 1 amide bonds. The van der Waals surface area contributed by atoms with E-state index in [0.29, 0.717) is 12.1 Å². The van der Waals surface area contributed by atoms with Gasteiger partial charge in [0.1, 0.15) is 0 Å². The summed E-state index contributed by atoms with van der Waals surface area (Å²) in [5.74, 6) is 0.217. The molecule has 3 rings (SSSR count). The third-order valence-corrected chi connectivity index (χ3v) is 5.01. The standard InChI is InChI=1S/C18H27N3O/c19-15-8-10-16(11-9-15)20-18(22)17-7-4-12-21(17)13-14-5-2-1-3-6-14/h1-3,5-6,15-17H,4,7-13,19H2,(H,20,22). The highest BCUT2D eigenvalue weighted by Gasteiger charge is 2.32. The number of rotatable bonds is 4. The van der Waals surface area contributed by atoms with Gasteiger partial charge in [0.05, 0.1) is 6.04 Å². The fourth-order valence-electron chi connectivity index (χ4n) is 3.69. The number of hydrogen-bond donors (Lipinski definition) is 2. The Morgan fingerprint density at radius 3 is 2.59 bits per heavy atom. The van der Waals surface area contributed by atoms with E-state index in [4.69, 9.17) is 5.73 Å². The van der Waals surface area contributed by atoms with Gasteiger partial charge in [-0.1, -0.05) is 30.3 Å². The summed E-state index contributed by atoms with van der Waals surface area (Å²) in [6.45, 7) is 1.89. The van der Waals surface area contributed by atoms with Crippen molar-refractivity contribution >= 4 is 5.91 Å². The van der Waals surface area contributed by atoms with Gasteiger partial charge in [0.2, 0.25) is 5.91 Å². The van der Waals surface area contributed by atoms with Crippen molar-refractivity contribution in [2.45, 2.75) is 63.2 Å². The van der Waals surface area contributed by atoms with Crippen LogP contribution >= 0.6 is 0 Å². The number of nitrogens with zero attached hydrogens (tertiary/aromatic N) is 1. The van der Waals surface area contributed by atoms with Gasteiger partial charge in [-0.25, -0.2) is 0 Å². The van der Waals surface area contributed by atoms with Crippen molar-refractivity contribution in [3.8, 4) is 0 Å². The maximum Gasteiger partial charge on any atom is 0.237 e. The molecule has 1 saturated carbocycles. The molecule has 1 aromatic rings. The van der Waals surface area contributed by atoms with Gasteiger partial charge in [-0.3, -0.25) is 9.69 Å². The van der Waals surface area contributed by atoms with Gasteiger partial charge in [0, 0.05) is 18.6 Å². The van der Waals surface area contributed by atoms with Gasteiger partial charge in [-0.15, -0.1) is 0 Å². The first-order valence-electron chi connectivity index (χ1n) is 8.56. The molecule has 1 aliphatic heterocycles. The van der Waals surface area contributed by atoms with Gasteiger partial charge in [0.15, 0.2) is 0 Å². The highest BCUT2D eigenvalue weighted by atomic mass is 16.2. The number of likely N-dealkylation sites (tertiary alicyclic amines) is 1. The van der Waals surface area contributed by atoms with Crippen LogP contribution in [0.3, 0.4) is 0 Å². The van der Waals surface area contributed by atoms with Gasteiger partial charge in [-0.05, 0) is 50.6 Å². The molecule has 1 atom stereocenters. The topological polar surface area (TPSA) is 58.4 Å². The predicted molar refractivity (Wildman–Crippen MR) is 88.2 cm³/mol. The van der Waals surface area contributed by atoms with Crippen LogP contribution in [0.4, 0.5) is 0 Å². The summed E-state index contributed by atoms with van der Waals surface area (Å²) in [6, 6.07) is 11.1. The van der Waals surface area contributed by atoms with E-state index in [9.17, 15) is 4.79 Å². The first kappa shape index (κ1) is 15.5. The summed E-state index contributed by atoms with van der Waals surface area (Å²) in [5, 5.41) is 3.26. The molecule has 1 aromatic carbocycles. The molecule has 1 unspecified atom stereocenters. The van der Waals surface area contributed by atoms with Crippen molar-refractivity contribution in [3.63, 3.8) is 0 Å². The van der Waals surface area contributed by atoms with E-state index >= 15 is 0 Å². The van der Waals surface area contributed by atoms with Gasteiger partial charge < -0.3 is 11.1 Å². The molecule has 1 saturated heterocycles. The second-order valence-electron chi connectivity index (χ2n) is 6.73. The van der Waals surface area contributed by atoms with Crippen molar-refractivity contribution in [1.82, 2.24) is 10.2 Å². The van der Waals surface area contributed by atoms with E-state index < -0.39 is 0 Å². The highest BCUT2D eigenvalue weighted by Crippen LogP contribution is 2.22. The fraction of sp³-hybridized carbons (Fsp3) is 0.611. The number of amides is 1. The van der Waals surface area contributed by atoms with Crippen LogP contribution in [0.25, 0.3) is 0 Å². The lowest BCUT2D eigenvalue weighted by Crippen LogP contribution is -2.48. The summed E-state index contributed by atoms with van der Waals surface area (Å²) in [6.07, 6.45) is 6.20. The second kappa shape index (κ2) is 7.25. The van der Waals surface area contributed by atoms with Crippen molar-refractivity contribution in [2.75, 3.05) is 6.54 Å². The quantitative estimate of drug-likeness (QED) is 0.895. The molecular weight excluding hydrogens is 274 g/mol. The zero-order chi connectivity index (χ0) is 15.4. The SMILES string of the molecule is NC1CCC(NC(=O)C2CCCN2Cc2ccccc2)CC1. The van der Waals surface area contributed by atoms with Crippen LogP contribution in [0, 0.1) is 0 Å². The molecule has 0 bridgehead atoms. The lowest BCUT2D eigenvalue weighted by molar-refractivity contribution is -0.126. The Labute approximate surface area is 133 Å². The van der Waals surface area contributed by atoms with E-state index in [2.05, 4.69) is 34.5 Å². The Bertz CT molecular complexity index is 482. The summed E-state index contributed by atoms with van der Waals surface area (Å²) in [4.78, 5) is 14.9. The lowest BCUT2D eigenvalue weighted by atomic mass is 9.91. The highest BCUT2D eigenvalue weighted by molar-refractivity contribution is 5.82. The molecule has 1 aliphatic carbocycles. The Balaban J connectivity index is 1.54. The van der Waals surface area contributed by atoms with Crippen molar-refractivity contribution in [2.24, 2.45) is 5.73 Å². The van der Waals surface area contributed by atoms with Crippen molar-refractivity contribution in [3.05, 3.63) is 35.9 Å². The number of carbonyl (C=O) groups excluding carboxylic acids is 1. The third kappa shape index (κ3) is 3.87. The first-order valence-corrected chi connectivity index (χ1v) is 8.56. The minimum atomic E-state index is 0.0378. The van der Waals surface area contributed by atoms with E-state index in [1.807, 2.05) is 6.07 Å². The molecule has 3 N–H and O–H groups in total.